The van der Waals surface area contributed by atoms with Crippen molar-refractivity contribution in [3.8, 4) is 5.75 Å². The van der Waals surface area contributed by atoms with Crippen molar-refractivity contribution in [3.63, 3.8) is 0 Å². The molecule has 0 aliphatic carbocycles. The number of benzene rings is 1. The largest absolute Gasteiger partial charge is 0.493 e. The third-order valence-corrected chi connectivity index (χ3v) is 2.40. The van der Waals surface area contributed by atoms with Gasteiger partial charge in [0.05, 0.1) is 19.3 Å². The van der Waals surface area contributed by atoms with Gasteiger partial charge in [-0.3, -0.25) is 9.59 Å². The monoisotopic (exact) mass is 236 g/mol. The summed E-state index contributed by atoms with van der Waals surface area (Å²) in [5.41, 5.74) is 0.409. The molecule has 0 saturated heterocycles. The van der Waals surface area contributed by atoms with Crippen molar-refractivity contribution in [1.82, 2.24) is 0 Å². The van der Waals surface area contributed by atoms with Crippen LogP contribution >= 0.6 is 0 Å². The molecule has 1 unspecified atom stereocenters. The van der Waals surface area contributed by atoms with Crippen LogP contribution in [0.2, 0.25) is 0 Å². The van der Waals surface area contributed by atoms with Crippen molar-refractivity contribution in [2.75, 3.05) is 13.7 Å². The zero-order valence-electron chi connectivity index (χ0n) is 10.2. The first kappa shape index (κ1) is 13.2. The number of ketones is 1. The maximum absolute atomic E-state index is 12.1. The van der Waals surface area contributed by atoms with E-state index in [1.807, 2.05) is 6.92 Å². The molecule has 17 heavy (non-hydrogen) atoms. The summed E-state index contributed by atoms with van der Waals surface area (Å²) in [6.07, 6.45) is 0. The third-order valence-electron chi connectivity index (χ3n) is 2.40. The molecule has 0 aliphatic rings. The topological polar surface area (TPSA) is 52.6 Å². The van der Waals surface area contributed by atoms with Crippen LogP contribution in [0.15, 0.2) is 24.3 Å². The number of para-hydroxylation sites is 1. The zero-order valence-corrected chi connectivity index (χ0v) is 10.2. The Kier molecular flexibility index (Phi) is 4.69. The molecule has 4 heteroatoms. The van der Waals surface area contributed by atoms with E-state index in [-0.39, 0.29) is 5.78 Å². The van der Waals surface area contributed by atoms with Crippen LogP contribution < -0.4 is 4.74 Å². The van der Waals surface area contributed by atoms with E-state index in [1.165, 1.54) is 14.0 Å². The van der Waals surface area contributed by atoms with Gasteiger partial charge in [-0.25, -0.2) is 0 Å². The van der Waals surface area contributed by atoms with Gasteiger partial charge in [0.2, 0.25) is 0 Å². The van der Waals surface area contributed by atoms with Gasteiger partial charge in [-0.1, -0.05) is 12.1 Å². The van der Waals surface area contributed by atoms with E-state index in [2.05, 4.69) is 4.74 Å². The van der Waals surface area contributed by atoms with Gasteiger partial charge < -0.3 is 9.47 Å². The van der Waals surface area contributed by atoms with Gasteiger partial charge in [0.1, 0.15) is 11.7 Å². The minimum atomic E-state index is -0.818. The number of rotatable bonds is 5. The van der Waals surface area contributed by atoms with Crippen LogP contribution in [0, 0.1) is 5.92 Å². The van der Waals surface area contributed by atoms with Gasteiger partial charge in [-0.05, 0) is 26.0 Å². The summed E-state index contributed by atoms with van der Waals surface area (Å²) in [5.74, 6) is -1.15. The molecule has 0 aromatic heterocycles. The van der Waals surface area contributed by atoms with Crippen LogP contribution in [-0.4, -0.2) is 25.5 Å². The van der Waals surface area contributed by atoms with Crippen LogP contribution in [0.5, 0.6) is 5.75 Å². The van der Waals surface area contributed by atoms with Gasteiger partial charge in [-0.2, -0.15) is 0 Å². The summed E-state index contributed by atoms with van der Waals surface area (Å²) >= 11 is 0. The quantitative estimate of drug-likeness (QED) is 0.446. The Balaban J connectivity index is 2.99. The highest BCUT2D eigenvalue weighted by atomic mass is 16.5. The van der Waals surface area contributed by atoms with E-state index in [0.717, 1.165) is 0 Å². The molecule has 0 bridgehead atoms. The molecule has 0 radical (unpaired) electrons. The number of hydrogen-bond donors (Lipinski definition) is 0. The molecule has 0 spiro atoms. The van der Waals surface area contributed by atoms with Gasteiger partial charge >= 0.3 is 5.97 Å². The smallest absolute Gasteiger partial charge is 0.316 e. The summed E-state index contributed by atoms with van der Waals surface area (Å²) in [7, 11) is 1.26. The summed E-state index contributed by atoms with van der Waals surface area (Å²) in [6.45, 7) is 3.83. The Morgan fingerprint density at radius 2 is 1.94 bits per heavy atom. The predicted molar refractivity (Wildman–Crippen MR) is 63.1 cm³/mol. The van der Waals surface area contributed by atoms with Gasteiger partial charge in [0.25, 0.3) is 0 Å². The number of hydrogen-bond acceptors (Lipinski definition) is 4. The number of carbonyl (C=O) groups excluding carboxylic acids is 2. The summed E-state index contributed by atoms with van der Waals surface area (Å²) in [4.78, 5) is 23.4. The Morgan fingerprint density at radius 1 is 1.29 bits per heavy atom. The van der Waals surface area contributed by atoms with Crippen molar-refractivity contribution in [2.45, 2.75) is 13.8 Å². The molecule has 0 heterocycles. The average Bonchev–Trinajstić information content (AvgIpc) is 2.37. The summed E-state index contributed by atoms with van der Waals surface area (Å²) < 4.78 is 9.90. The molecule has 0 N–H and O–H groups in total. The lowest BCUT2D eigenvalue weighted by molar-refractivity contribution is -0.143. The lowest BCUT2D eigenvalue weighted by Gasteiger charge is -2.12. The molecule has 1 atom stereocenters. The van der Waals surface area contributed by atoms with Crippen LogP contribution in [0.1, 0.15) is 24.2 Å². The fourth-order valence-electron chi connectivity index (χ4n) is 1.47. The van der Waals surface area contributed by atoms with Crippen LogP contribution in [0.4, 0.5) is 0 Å². The second-order valence-electron chi connectivity index (χ2n) is 3.54. The number of carbonyl (C=O) groups is 2. The van der Waals surface area contributed by atoms with Gasteiger partial charge in [0, 0.05) is 0 Å². The van der Waals surface area contributed by atoms with Crippen LogP contribution in [0.25, 0.3) is 0 Å². The van der Waals surface area contributed by atoms with Crippen LogP contribution in [-0.2, 0) is 9.53 Å². The first-order valence-electron chi connectivity index (χ1n) is 5.45. The molecule has 1 aromatic carbocycles. The first-order valence-corrected chi connectivity index (χ1v) is 5.45. The lowest BCUT2D eigenvalue weighted by atomic mass is 9.99. The van der Waals surface area contributed by atoms with Crippen molar-refractivity contribution < 1.29 is 19.1 Å². The van der Waals surface area contributed by atoms with Crippen molar-refractivity contribution in [1.29, 1.82) is 0 Å². The predicted octanol–water partition coefficient (Wildman–Crippen LogP) is 2.08. The fourth-order valence-corrected chi connectivity index (χ4v) is 1.47. The third kappa shape index (κ3) is 3.06. The molecule has 1 rings (SSSR count). The van der Waals surface area contributed by atoms with Crippen molar-refractivity contribution in [3.05, 3.63) is 29.8 Å². The standard InChI is InChI=1S/C13H16O4/c1-4-17-11-8-6-5-7-10(11)12(14)9(2)13(15)16-3/h5-9H,4H2,1-3H3. The van der Waals surface area contributed by atoms with Gasteiger partial charge in [-0.15, -0.1) is 0 Å². The second kappa shape index (κ2) is 6.03. The Hall–Kier alpha value is -1.84. The highest BCUT2D eigenvalue weighted by Crippen LogP contribution is 2.21. The Labute approximate surface area is 101 Å². The molecular weight excluding hydrogens is 220 g/mol. The molecule has 1 aromatic rings. The van der Waals surface area contributed by atoms with E-state index < -0.39 is 11.9 Å². The van der Waals surface area contributed by atoms with Crippen molar-refractivity contribution in [2.24, 2.45) is 5.92 Å². The van der Waals surface area contributed by atoms with Crippen LogP contribution in [0.3, 0.4) is 0 Å². The number of ether oxygens (including phenoxy) is 2. The van der Waals surface area contributed by atoms with E-state index >= 15 is 0 Å². The number of esters is 1. The summed E-state index contributed by atoms with van der Waals surface area (Å²) in [5, 5.41) is 0. The highest BCUT2D eigenvalue weighted by molar-refractivity contribution is 6.09. The molecule has 0 fully saturated rings. The SMILES string of the molecule is CCOc1ccccc1C(=O)C(C)C(=O)OC. The van der Waals surface area contributed by atoms with E-state index in [1.54, 1.807) is 24.3 Å². The van der Waals surface area contributed by atoms with E-state index in [9.17, 15) is 9.59 Å². The second-order valence-corrected chi connectivity index (χ2v) is 3.54. The Morgan fingerprint density at radius 3 is 2.53 bits per heavy atom. The van der Waals surface area contributed by atoms with Gasteiger partial charge in [0.15, 0.2) is 5.78 Å². The van der Waals surface area contributed by atoms with E-state index in [0.29, 0.717) is 17.9 Å². The molecule has 0 aliphatic heterocycles. The maximum Gasteiger partial charge on any atom is 0.316 e. The molecule has 92 valence electrons. The number of Topliss-reactive ketones (excluding diaryl/α,β-unsaturated/α-hetero) is 1. The fraction of sp³-hybridized carbons (Fsp3) is 0.385. The molecular formula is C13H16O4. The minimum Gasteiger partial charge on any atom is -0.493 e. The molecule has 4 nitrogen and oxygen atoms in total. The van der Waals surface area contributed by atoms with E-state index in [4.69, 9.17) is 4.74 Å². The number of methoxy groups -OCH3 is 1. The Bertz CT molecular complexity index is 412. The first-order chi connectivity index (χ1) is 8.11. The molecule has 0 amide bonds. The minimum absolute atomic E-state index is 0.291. The zero-order chi connectivity index (χ0) is 12.8. The summed E-state index contributed by atoms with van der Waals surface area (Å²) in [6, 6.07) is 6.87. The average molecular weight is 236 g/mol. The lowest BCUT2D eigenvalue weighted by Crippen LogP contribution is -2.23. The maximum atomic E-state index is 12.1. The molecule has 0 saturated carbocycles. The van der Waals surface area contributed by atoms with Crippen molar-refractivity contribution >= 4 is 11.8 Å². The normalized spacial score (nSPS) is 11.7. The highest BCUT2D eigenvalue weighted by Gasteiger charge is 2.25.